The molecule has 170 valence electrons. The van der Waals surface area contributed by atoms with Crippen molar-refractivity contribution in [1.29, 1.82) is 0 Å². The Balaban J connectivity index is 1.39. The van der Waals surface area contributed by atoms with Crippen molar-refractivity contribution in [2.45, 2.75) is 43.9 Å². The molecule has 2 aliphatic rings. The second kappa shape index (κ2) is 8.20. The predicted molar refractivity (Wildman–Crippen MR) is 111 cm³/mol. The number of pyridine rings is 1. The fourth-order valence-corrected chi connectivity index (χ4v) is 5.13. The van der Waals surface area contributed by atoms with E-state index in [9.17, 15) is 22.4 Å². The van der Waals surface area contributed by atoms with Crippen molar-refractivity contribution in [3.05, 3.63) is 77.6 Å². The highest BCUT2D eigenvalue weighted by Crippen LogP contribution is 2.44. The Morgan fingerprint density at radius 2 is 1.82 bits per heavy atom. The van der Waals surface area contributed by atoms with Crippen molar-refractivity contribution in [2.24, 2.45) is 5.92 Å². The van der Waals surface area contributed by atoms with Gasteiger partial charge in [-0.05, 0) is 61.9 Å². The number of rotatable bonds is 4. The number of amides is 1. The van der Waals surface area contributed by atoms with Gasteiger partial charge in [0.2, 0.25) is 0 Å². The zero-order valence-electron chi connectivity index (χ0n) is 17.5. The summed E-state index contributed by atoms with van der Waals surface area (Å²) in [6.45, 7) is 0. The van der Waals surface area contributed by atoms with E-state index < -0.39 is 17.6 Å². The fourth-order valence-electron chi connectivity index (χ4n) is 5.13. The molecule has 0 spiro atoms. The van der Waals surface area contributed by atoms with Crippen LogP contribution >= 0.6 is 0 Å². The van der Waals surface area contributed by atoms with Crippen molar-refractivity contribution in [3.63, 3.8) is 0 Å². The van der Waals surface area contributed by atoms with Crippen LogP contribution in [-0.2, 0) is 12.6 Å². The molecule has 2 fully saturated rings. The van der Waals surface area contributed by atoms with Gasteiger partial charge in [0.1, 0.15) is 5.82 Å². The van der Waals surface area contributed by atoms with Gasteiger partial charge < -0.3 is 4.90 Å². The first-order valence-corrected chi connectivity index (χ1v) is 10.7. The SMILES string of the molecule is O=C(c1cccc(F)c1-c1ncccn1)N1C2CCC1C(Cc1ccc(C(F)(F)F)cn1)C2. The maximum atomic E-state index is 14.7. The average molecular weight is 456 g/mol. The lowest BCUT2D eigenvalue weighted by Crippen LogP contribution is -2.37. The summed E-state index contributed by atoms with van der Waals surface area (Å²) in [5, 5.41) is 0. The van der Waals surface area contributed by atoms with E-state index in [1.165, 1.54) is 30.6 Å². The zero-order valence-corrected chi connectivity index (χ0v) is 17.5. The molecule has 2 saturated heterocycles. The smallest absolute Gasteiger partial charge is 0.332 e. The summed E-state index contributed by atoms with van der Waals surface area (Å²) in [5.41, 5.74) is 0.0802. The second-order valence-electron chi connectivity index (χ2n) is 8.48. The summed E-state index contributed by atoms with van der Waals surface area (Å²) in [5.74, 6) is -0.602. The summed E-state index contributed by atoms with van der Waals surface area (Å²) in [4.78, 5) is 27.6. The van der Waals surface area contributed by atoms with Gasteiger partial charge in [-0.15, -0.1) is 0 Å². The van der Waals surface area contributed by atoms with Gasteiger partial charge in [-0.25, -0.2) is 14.4 Å². The first-order valence-electron chi connectivity index (χ1n) is 10.7. The molecule has 0 saturated carbocycles. The number of carbonyl (C=O) groups is 1. The van der Waals surface area contributed by atoms with E-state index in [-0.39, 0.29) is 40.9 Å². The van der Waals surface area contributed by atoms with Crippen LogP contribution in [0.2, 0.25) is 0 Å². The van der Waals surface area contributed by atoms with E-state index in [1.54, 1.807) is 12.1 Å². The van der Waals surface area contributed by atoms with Crippen molar-refractivity contribution in [1.82, 2.24) is 19.9 Å². The highest BCUT2D eigenvalue weighted by molar-refractivity contribution is 6.01. The standard InChI is InChI=1S/C24H20F4N4O/c25-19-4-1-3-18(21(19)22-29-9-2-10-30-22)23(33)32-17-7-8-20(32)14(12-17)11-16-6-5-15(13-31-16)24(26,27)28/h1-6,9-10,13-14,17,20H,7-8,11-12H2. The summed E-state index contributed by atoms with van der Waals surface area (Å²) in [7, 11) is 0. The number of benzene rings is 1. The maximum Gasteiger partial charge on any atom is 0.417 e. The molecule has 2 aliphatic heterocycles. The van der Waals surface area contributed by atoms with Gasteiger partial charge in [-0.2, -0.15) is 13.2 Å². The predicted octanol–water partition coefficient (Wildman–Crippen LogP) is 4.93. The third kappa shape index (κ3) is 3.96. The topological polar surface area (TPSA) is 59.0 Å². The van der Waals surface area contributed by atoms with E-state index in [0.717, 1.165) is 31.5 Å². The van der Waals surface area contributed by atoms with Crippen molar-refractivity contribution < 1.29 is 22.4 Å². The molecule has 0 aliphatic carbocycles. The van der Waals surface area contributed by atoms with Gasteiger partial charge in [-0.3, -0.25) is 9.78 Å². The lowest BCUT2D eigenvalue weighted by Gasteiger charge is -2.25. The summed E-state index contributed by atoms with van der Waals surface area (Å²) in [6, 6.07) is 8.36. The molecule has 3 atom stereocenters. The molecule has 2 aromatic heterocycles. The zero-order chi connectivity index (χ0) is 23.2. The van der Waals surface area contributed by atoms with Crippen molar-refractivity contribution in [2.75, 3.05) is 0 Å². The van der Waals surface area contributed by atoms with Crippen LogP contribution in [0.25, 0.3) is 11.4 Å². The Hall–Kier alpha value is -3.36. The van der Waals surface area contributed by atoms with Crippen molar-refractivity contribution in [3.8, 4) is 11.4 Å². The van der Waals surface area contributed by atoms with E-state index in [2.05, 4.69) is 15.0 Å². The van der Waals surface area contributed by atoms with E-state index >= 15 is 0 Å². The molecule has 9 heteroatoms. The Labute approximate surface area is 187 Å². The molecule has 5 rings (SSSR count). The van der Waals surface area contributed by atoms with Crippen LogP contribution in [-0.4, -0.2) is 37.8 Å². The fraction of sp³-hybridized carbons (Fsp3) is 0.333. The first kappa shape index (κ1) is 21.5. The largest absolute Gasteiger partial charge is 0.417 e. The lowest BCUT2D eigenvalue weighted by molar-refractivity contribution is -0.137. The maximum absolute atomic E-state index is 14.7. The molecule has 2 bridgehead atoms. The quantitative estimate of drug-likeness (QED) is 0.523. The third-order valence-electron chi connectivity index (χ3n) is 6.56. The number of aromatic nitrogens is 3. The van der Waals surface area contributed by atoms with Gasteiger partial charge in [-0.1, -0.05) is 6.07 Å². The number of alkyl halides is 3. The minimum Gasteiger partial charge on any atom is -0.332 e. The number of hydrogen-bond donors (Lipinski definition) is 0. The van der Waals surface area contributed by atoms with E-state index in [1.807, 2.05) is 4.90 Å². The normalized spacial score (nSPS) is 22.1. The first-order chi connectivity index (χ1) is 15.8. The van der Waals surface area contributed by atoms with E-state index in [4.69, 9.17) is 0 Å². The molecular formula is C24H20F4N4O. The minimum absolute atomic E-state index is 0.00903. The van der Waals surface area contributed by atoms with Crippen LogP contribution < -0.4 is 0 Å². The number of nitrogens with zero attached hydrogens (tertiary/aromatic N) is 4. The number of carbonyl (C=O) groups excluding carboxylic acids is 1. The van der Waals surface area contributed by atoms with Crippen LogP contribution in [0.3, 0.4) is 0 Å². The second-order valence-corrected chi connectivity index (χ2v) is 8.48. The van der Waals surface area contributed by atoms with Gasteiger partial charge in [0.25, 0.3) is 5.91 Å². The van der Waals surface area contributed by atoms with Crippen LogP contribution in [0, 0.1) is 11.7 Å². The van der Waals surface area contributed by atoms with Gasteiger partial charge in [0, 0.05) is 36.4 Å². The lowest BCUT2D eigenvalue weighted by atomic mass is 9.86. The Kier molecular flexibility index (Phi) is 5.34. The summed E-state index contributed by atoms with van der Waals surface area (Å²) < 4.78 is 53.2. The van der Waals surface area contributed by atoms with Crippen LogP contribution in [0.5, 0.6) is 0 Å². The van der Waals surface area contributed by atoms with E-state index in [0.29, 0.717) is 12.1 Å². The highest BCUT2D eigenvalue weighted by Gasteiger charge is 2.49. The molecule has 1 amide bonds. The van der Waals surface area contributed by atoms with Crippen LogP contribution in [0.15, 0.2) is 55.0 Å². The van der Waals surface area contributed by atoms with Gasteiger partial charge >= 0.3 is 6.18 Å². The van der Waals surface area contributed by atoms with Crippen LogP contribution in [0.1, 0.15) is 40.9 Å². The molecule has 3 unspecified atom stereocenters. The molecule has 4 heterocycles. The monoisotopic (exact) mass is 456 g/mol. The minimum atomic E-state index is -4.42. The molecule has 0 N–H and O–H groups in total. The number of fused-ring (bicyclic) bond motifs is 2. The van der Waals surface area contributed by atoms with Crippen molar-refractivity contribution >= 4 is 5.91 Å². The molecule has 3 aromatic rings. The summed E-state index contributed by atoms with van der Waals surface area (Å²) >= 11 is 0. The number of hydrogen-bond acceptors (Lipinski definition) is 4. The Morgan fingerprint density at radius 3 is 2.52 bits per heavy atom. The van der Waals surface area contributed by atoms with Gasteiger partial charge in [0.15, 0.2) is 5.82 Å². The molecule has 0 radical (unpaired) electrons. The molecule has 33 heavy (non-hydrogen) atoms. The Morgan fingerprint density at radius 1 is 1.03 bits per heavy atom. The molecular weight excluding hydrogens is 436 g/mol. The van der Waals surface area contributed by atoms with Crippen LogP contribution in [0.4, 0.5) is 17.6 Å². The highest BCUT2D eigenvalue weighted by atomic mass is 19.4. The molecule has 1 aromatic carbocycles. The average Bonchev–Trinajstić information content (AvgIpc) is 3.36. The van der Waals surface area contributed by atoms with Gasteiger partial charge in [0.05, 0.1) is 16.7 Å². The summed E-state index contributed by atoms with van der Waals surface area (Å²) in [6.07, 6.45) is 2.29. The third-order valence-corrected chi connectivity index (χ3v) is 6.56. The Bertz CT molecular complexity index is 1170. The number of halogens is 4. The molecule has 5 nitrogen and oxygen atoms in total.